The molecule has 0 saturated heterocycles. The number of hydrogen-bond acceptors (Lipinski definition) is 0. The fourth-order valence-electron chi connectivity index (χ4n) is 1.93. The van der Waals surface area contributed by atoms with Crippen LogP contribution in [0.5, 0.6) is 0 Å². The minimum Gasteiger partial charge on any atom is -0.0610 e. The average molecular weight is 180 g/mol. The molecule has 1 heterocycles. The van der Waals surface area contributed by atoms with Crippen LogP contribution in [-0.4, -0.2) is 9.52 Å². The van der Waals surface area contributed by atoms with E-state index in [1.165, 1.54) is 21.5 Å². The van der Waals surface area contributed by atoms with Crippen LogP contribution in [0.25, 0.3) is 11.1 Å². The summed E-state index contributed by atoms with van der Waals surface area (Å²) in [6, 6.07) is 19.1. The molecule has 0 fully saturated rings. The van der Waals surface area contributed by atoms with Gasteiger partial charge in [0.05, 0.1) is 9.52 Å². The van der Waals surface area contributed by atoms with Crippen molar-refractivity contribution in [2.75, 3.05) is 0 Å². The zero-order valence-corrected chi connectivity index (χ0v) is 8.59. The topological polar surface area (TPSA) is 0 Å². The van der Waals surface area contributed by atoms with Crippen molar-refractivity contribution in [1.29, 1.82) is 0 Å². The highest BCUT2D eigenvalue weighted by Gasteiger charge is 2.16. The lowest BCUT2D eigenvalue weighted by molar-refractivity contribution is 1.69. The van der Waals surface area contributed by atoms with Gasteiger partial charge in [0.2, 0.25) is 0 Å². The molecule has 0 spiro atoms. The summed E-state index contributed by atoms with van der Waals surface area (Å²) < 4.78 is 0. The van der Waals surface area contributed by atoms with Crippen LogP contribution in [0.2, 0.25) is 0 Å². The molecule has 1 aliphatic rings. The van der Waals surface area contributed by atoms with E-state index >= 15 is 0 Å². The van der Waals surface area contributed by atoms with Crippen LogP contribution >= 0.6 is 0 Å². The summed E-state index contributed by atoms with van der Waals surface area (Å²) in [5, 5.41) is 2.97. The summed E-state index contributed by atoms with van der Waals surface area (Å²) in [6.45, 7) is 0. The van der Waals surface area contributed by atoms with E-state index in [0.29, 0.717) is 0 Å². The second kappa shape index (κ2) is 2.57. The average Bonchev–Trinajstić information content (AvgIpc) is 2.56. The summed E-state index contributed by atoms with van der Waals surface area (Å²) in [6.07, 6.45) is 0. The molecule has 60 valence electrons. The fraction of sp³-hybridized carbons (Fsp3) is 0. The van der Waals surface area contributed by atoms with Gasteiger partial charge in [0.1, 0.15) is 0 Å². The van der Waals surface area contributed by atoms with Gasteiger partial charge in [0, 0.05) is 0 Å². The van der Waals surface area contributed by atoms with E-state index in [9.17, 15) is 0 Å². The predicted octanol–water partition coefficient (Wildman–Crippen LogP) is 0.387. The molecule has 1 aliphatic heterocycles. The largest absolute Gasteiger partial charge is 0.0899 e. The van der Waals surface area contributed by atoms with E-state index in [2.05, 4.69) is 36.4 Å². The van der Waals surface area contributed by atoms with Crippen LogP contribution in [0.15, 0.2) is 36.4 Å². The van der Waals surface area contributed by atoms with Gasteiger partial charge in [-0.25, -0.2) is 0 Å². The molecule has 0 aliphatic carbocycles. The fourth-order valence-corrected chi connectivity index (χ4v) is 3.75. The van der Waals surface area contributed by atoms with Crippen LogP contribution in [-0.2, 0) is 0 Å². The minimum absolute atomic E-state index is 0.247. The van der Waals surface area contributed by atoms with Crippen LogP contribution in [0.1, 0.15) is 0 Å². The molecule has 0 aromatic heterocycles. The molecule has 0 nitrogen and oxygen atoms in total. The van der Waals surface area contributed by atoms with Crippen molar-refractivity contribution in [3.8, 4) is 11.1 Å². The second-order valence-electron chi connectivity index (χ2n) is 3.32. The standard InChI is InChI=1S/C12H8Si/c1-3-7-11-9(5-1)10-6-2-4-8-12(10)13-11/h1-3,5-6,8H,13H2. The summed E-state index contributed by atoms with van der Waals surface area (Å²) in [7, 11) is -0.247. The first-order chi connectivity index (χ1) is 6.45. The Morgan fingerprint density at radius 1 is 1.08 bits per heavy atom. The number of hydrogen-bond donors (Lipinski definition) is 0. The van der Waals surface area contributed by atoms with Crippen molar-refractivity contribution in [3.63, 3.8) is 0 Å². The Hall–Kier alpha value is -1.34. The highest BCUT2D eigenvalue weighted by atomic mass is 28.2. The first kappa shape index (κ1) is 7.10. The van der Waals surface area contributed by atoms with Crippen molar-refractivity contribution in [2.24, 2.45) is 0 Å². The van der Waals surface area contributed by atoms with Gasteiger partial charge in [-0.1, -0.05) is 41.6 Å². The van der Waals surface area contributed by atoms with Gasteiger partial charge in [0.25, 0.3) is 0 Å². The lowest BCUT2D eigenvalue weighted by Crippen LogP contribution is -2.20. The zero-order valence-electron chi connectivity index (χ0n) is 7.17. The molecule has 2 aromatic carbocycles. The van der Waals surface area contributed by atoms with Gasteiger partial charge in [0.15, 0.2) is 0 Å². The normalized spacial score (nSPS) is 12.3. The molecule has 0 saturated carbocycles. The molecule has 0 atom stereocenters. The van der Waals surface area contributed by atoms with Crippen molar-refractivity contribution in [3.05, 3.63) is 48.5 Å². The van der Waals surface area contributed by atoms with E-state index in [4.69, 9.17) is 0 Å². The second-order valence-corrected chi connectivity index (χ2v) is 5.14. The molecule has 1 heteroatoms. The summed E-state index contributed by atoms with van der Waals surface area (Å²) in [5.41, 5.74) is 2.82. The molecule has 0 N–H and O–H groups in total. The molecule has 3 rings (SSSR count). The molecular formula is C12H8Si. The monoisotopic (exact) mass is 180 g/mol. The minimum atomic E-state index is -0.247. The Balaban J connectivity index is 2.32. The van der Waals surface area contributed by atoms with Crippen LogP contribution < -0.4 is 10.4 Å². The molecule has 0 unspecified atom stereocenters. The maximum absolute atomic E-state index is 3.34. The Morgan fingerprint density at radius 3 is 3.08 bits per heavy atom. The van der Waals surface area contributed by atoms with Gasteiger partial charge >= 0.3 is 0 Å². The lowest BCUT2D eigenvalue weighted by atomic mass is 10.1. The van der Waals surface area contributed by atoms with E-state index in [1.54, 1.807) is 0 Å². The van der Waals surface area contributed by atoms with Crippen LogP contribution in [0.3, 0.4) is 0 Å². The van der Waals surface area contributed by atoms with Gasteiger partial charge < -0.3 is 0 Å². The zero-order chi connectivity index (χ0) is 8.67. The van der Waals surface area contributed by atoms with Gasteiger partial charge in [-0.05, 0) is 28.4 Å². The third-order valence-corrected chi connectivity index (χ3v) is 4.45. The van der Waals surface area contributed by atoms with Gasteiger partial charge in [-0.2, -0.15) is 0 Å². The third kappa shape index (κ3) is 0.973. The summed E-state index contributed by atoms with van der Waals surface area (Å²) in [5.74, 6) is 0. The molecule has 0 amide bonds. The number of benzene rings is 2. The van der Waals surface area contributed by atoms with E-state index < -0.39 is 0 Å². The van der Waals surface area contributed by atoms with E-state index in [-0.39, 0.29) is 9.52 Å². The Labute approximate surface area is 80.1 Å². The van der Waals surface area contributed by atoms with Crippen molar-refractivity contribution in [1.82, 2.24) is 0 Å². The van der Waals surface area contributed by atoms with Crippen molar-refractivity contribution >= 4 is 19.9 Å². The molecule has 13 heavy (non-hydrogen) atoms. The maximum atomic E-state index is 3.34. The predicted molar refractivity (Wildman–Crippen MR) is 57.4 cm³/mol. The van der Waals surface area contributed by atoms with Crippen molar-refractivity contribution in [2.45, 2.75) is 0 Å². The van der Waals surface area contributed by atoms with Gasteiger partial charge in [-0.15, -0.1) is 0 Å². The number of rotatable bonds is 0. The SMILES string of the molecule is [c]1ccc2c(c1)[SiH2]c1[c]cccc1-2. The van der Waals surface area contributed by atoms with E-state index in [0.717, 1.165) is 0 Å². The Bertz CT molecular complexity index is 417. The highest BCUT2D eigenvalue weighted by Crippen LogP contribution is 2.18. The Morgan fingerprint density at radius 2 is 2.08 bits per heavy atom. The Kier molecular flexibility index (Phi) is 1.40. The molecule has 2 aromatic rings. The number of fused-ring (bicyclic) bond motifs is 3. The maximum Gasteiger partial charge on any atom is 0.0899 e. The van der Waals surface area contributed by atoms with Gasteiger partial charge in [-0.3, -0.25) is 0 Å². The first-order valence-corrected chi connectivity index (χ1v) is 5.85. The van der Waals surface area contributed by atoms with E-state index in [1.807, 2.05) is 12.1 Å². The first-order valence-electron chi connectivity index (χ1n) is 4.44. The smallest absolute Gasteiger partial charge is 0.0610 e. The molecular weight excluding hydrogens is 172 g/mol. The molecule has 0 bridgehead atoms. The summed E-state index contributed by atoms with van der Waals surface area (Å²) >= 11 is 0. The van der Waals surface area contributed by atoms with Crippen LogP contribution in [0, 0.1) is 12.1 Å². The van der Waals surface area contributed by atoms with Crippen molar-refractivity contribution < 1.29 is 0 Å². The summed E-state index contributed by atoms with van der Waals surface area (Å²) in [4.78, 5) is 0. The lowest BCUT2D eigenvalue weighted by Gasteiger charge is -1.98. The van der Waals surface area contributed by atoms with Crippen LogP contribution in [0.4, 0.5) is 0 Å². The quantitative estimate of drug-likeness (QED) is 0.439. The third-order valence-electron chi connectivity index (χ3n) is 2.55. The highest BCUT2D eigenvalue weighted by molar-refractivity contribution is 6.73. The molecule has 2 radical (unpaired) electrons.